The summed E-state index contributed by atoms with van der Waals surface area (Å²) >= 11 is 0. The molecule has 0 radical (unpaired) electrons. The molecule has 0 aliphatic carbocycles. The van der Waals surface area contributed by atoms with Gasteiger partial charge in [0.15, 0.2) is 0 Å². The topological polar surface area (TPSA) is 50.7 Å². The third-order valence-corrected chi connectivity index (χ3v) is 3.47. The van der Waals surface area contributed by atoms with Crippen LogP contribution < -0.4 is 5.32 Å². The number of hydrogen-bond donors (Lipinski definition) is 1. The van der Waals surface area contributed by atoms with Crippen LogP contribution >= 0.6 is 0 Å². The van der Waals surface area contributed by atoms with E-state index in [0.717, 1.165) is 24.4 Å². The first-order chi connectivity index (χ1) is 12.3. The third kappa shape index (κ3) is 4.11. The summed E-state index contributed by atoms with van der Waals surface area (Å²) in [6, 6.07) is 5.51. The molecular weight excluding hydrogens is 355 g/mol. The molecule has 0 saturated heterocycles. The van der Waals surface area contributed by atoms with E-state index in [-0.39, 0.29) is 29.3 Å². The van der Waals surface area contributed by atoms with Crippen molar-refractivity contribution in [3.63, 3.8) is 0 Å². The van der Waals surface area contributed by atoms with Crippen molar-refractivity contribution < 1.29 is 22.0 Å². The molecule has 3 aromatic rings. The summed E-state index contributed by atoms with van der Waals surface area (Å²) in [5.74, 6) is -1.33. The molecule has 0 fully saturated rings. The first-order valence-corrected chi connectivity index (χ1v) is 7.36. The Hall–Kier alpha value is -3.10. The first kappa shape index (κ1) is 17.7. The summed E-state index contributed by atoms with van der Waals surface area (Å²) < 4.78 is 64.9. The second-order valence-electron chi connectivity index (χ2n) is 5.31. The number of alkyl halides is 3. The smallest absolute Gasteiger partial charge is 0.350 e. The molecule has 1 aromatic carbocycles. The fraction of sp³-hybridized carbons (Fsp3) is 0.118. The quantitative estimate of drug-likeness (QED) is 0.694. The highest BCUT2D eigenvalue weighted by atomic mass is 19.4. The number of halogens is 5. The average molecular weight is 366 g/mol. The number of nitrogens with one attached hydrogen (secondary N) is 1. The highest BCUT2D eigenvalue weighted by Crippen LogP contribution is 2.31. The van der Waals surface area contributed by atoms with E-state index < -0.39 is 23.4 Å². The van der Waals surface area contributed by atoms with Crippen molar-refractivity contribution in [1.82, 2.24) is 15.0 Å². The summed E-state index contributed by atoms with van der Waals surface area (Å²) in [5.41, 5.74) is -0.309. The van der Waals surface area contributed by atoms with Crippen molar-refractivity contribution in [1.29, 1.82) is 0 Å². The van der Waals surface area contributed by atoms with Crippen LogP contribution in [0.4, 0.5) is 27.9 Å². The van der Waals surface area contributed by atoms with Crippen molar-refractivity contribution in [2.75, 3.05) is 5.32 Å². The second kappa shape index (κ2) is 7.03. The van der Waals surface area contributed by atoms with Crippen LogP contribution in [0.15, 0.2) is 48.9 Å². The van der Waals surface area contributed by atoms with Gasteiger partial charge in [-0.3, -0.25) is 4.98 Å². The molecule has 134 valence electrons. The second-order valence-corrected chi connectivity index (χ2v) is 5.31. The van der Waals surface area contributed by atoms with Crippen LogP contribution in [-0.4, -0.2) is 15.0 Å². The Balaban J connectivity index is 1.80. The number of pyridine rings is 1. The Morgan fingerprint density at radius 1 is 1.00 bits per heavy atom. The minimum atomic E-state index is -4.52. The maximum atomic E-state index is 13.6. The van der Waals surface area contributed by atoms with Gasteiger partial charge in [0.25, 0.3) is 0 Å². The average Bonchev–Trinajstić information content (AvgIpc) is 2.61. The Labute approximate surface area is 144 Å². The molecule has 0 spiro atoms. The lowest BCUT2D eigenvalue weighted by atomic mass is 10.1. The zero-order valence-corrected chi connectivity index (χ0v) is 13.1. The Kier molecular flexibility index (Phi) is 4.79. The summed E-state index contributed by atoms with van der Waals surface area (Å²) in [7, 11) is 0. The molecule has 2 aromatic heterocycles. The Morgan fingerprint density at radius 2 is 1.81 bits per heavy atom. The summed E-state index contributed by atoms with van der Waals surface area (Å²) in [4.78, 5) is 11.6. The van der Waals surface area contributed by atoms with Crippen LogP contribution in [0, 0.1) is 11.6 Å². The van der Waals surface area contributed by atoms with Gasteiger partial charge in [-0.25, -0.2) is 18.7 Å². The Morgan fingerprint density at radius 3 is 2.54 bits per heavy atom. The molecule has 0 unspecified atom stereocenters. The molecule has 3 rings (SSSR count). The van der Waals surface area contributed by atoms with E-state index in [0.29, 0.717) is 0 Å². The van der Waals surface area contributed by atoms with Gasteiger partial charge in [0, 0.05) is 42.3 Å². The number of hydrogen-bond acceptors (Lipinski definition) is 4. The molecule has 1 N–H and O–H groups in total. The number of aromatic nitrogens is 3. The SMILES string of the molecule is Fc1ccc(CNc2nccc(-c3cncc(C(F)(F)F)c3)n2)c(F)c1. The fourth-order valence-electron chi connectivity index (χ4n) is 2.18. The third-order valence-electron chi connectivity index (χ3n) is 3.47. The molecule has 26 heavy (non-hydrogen) atoms. The van der Waals surface area contributed by atoms with Gasteiger partial charge in [-0.05, 0) is 18.2 Å². The lowest BCUT2D eigenvalue weighted by Crippen LogP contribution is -2.07. The maximum Gasteiger partial charge on any atom is 0.417 e. The first-order valence-electron chi connectivity index (χ1n) is 7.36. The van der Waals surface area contributed by atoms with Gasteiger partial charge < -0.3 is 5.32 Å². The highest BCUT2D eigenvalue weighted by Gasteiger charge is 2.31. The van der Waals surface area contributed by atoms with Crippen molar-refractivity contribution in [3.05, 3.63) is 71.7 Å². The van der Waals surface area contributed by atoms with Gasteiger partial charge in [-0.2, -0.15) is 13.2 Å². The van der Waals surface area contributed by atoms with E-state index in [1.807, 2.05) is 0 Å². The largest absolute Gasteiger partial charge is 0.417 e. The Bertz CT molecular complexity index is 927. The van der Waals surface area contributed by atoms with Crippen molar-refractivity contribution in [2.45, 2.75) is 12.7 Å². The van der Waals surface area contributed by atoms with E-state index in [1.54, 1.807) is 0 Å². The maximum absolute atomic E-state index is 13.6. The minimum absolute atomic E-state index is 0.0175. The molecule has 0 aliphatic rings. The number of nitrogens with zero attached hydrogens (tertiary/aromatic N) is 3. The molecule has 4 nitrogen and oxygen atoms in total. The van der Waals surface area contributed by atoms with Gasteiger partial charge in [0.2, 0.25) is 5.95 Å². The molecule has 9 heteroatoms. The lowest BCUT2D eigenvalue weighted by molar-refractivity contribution is -0.137. The molecule has 0 aliphatic heterocycles. The van der Waals surface area contributed by atoms with Crippen molar-refractivity contribution in [2.24, 2.45) is 0 Å². The summed E-state index contributed by atoms with van der Waals surface area (Å²) in [6.07, 6.45) is -1.19. The molecule has 0 bridgehead atoms. The van der Waals surface area contributed by atoms with E-state index in [2.05, 4.69) is 20.3 Å². The molecule has 2 heterocycles. The molecule has 0 atom stereocenters. The van der Waals surface area contributed by atoms with Gasteiger partial charge in [0.05, 0.1) is 11.3 Å². The van der Waals surface area contributed by atoms with E-state index in [9.17, 15) is 22.0 Å². The predicted octanol–water partition coefficient (Wildman–Crippen LogP) is 4.45. The predicted molar refractivity (Wildman–Crippen MR) is 83.9 cm³/mol. The number of benzene rings is 1. The summed E-state index contributed by atoms with van der Waals surface area (Å²) in [5, 5.41) is 2.75. The van der Waals surface area contributed by atoms with Gasteiger partial charge in [-0.15, -0.1) is 0 Å². The number of anilines is 1. The zero-order valence-electron chi connectivity index (χ0n) is 13.1. The van der Waals surface area contributed by atoms with E-state index in [4.69, 9.17) is 0 Å². The van der Waals surface area contributed by atoms with E-state index >= 15 is 0 Å². The van der Waals surface area contributed by atoms with Gasteiger partial charge >= 0.3 is 6.18 Å². The van der Waals surface area contributed by atoms with Crippen LogP contribution in [0.2, 0.25) is 0 Å². The standard InChI is InChI=1S/C17H11F5N4/c18-13-2-1-10(14(19)6-13)8-25-16-24-4-3-15(26-16)11-5-12(9-23-7-11)17(20,21)22/h1-7,9H,8H2,(H,24,25,26). The van der Waals surface area contributed by atoms with Crippen molar-refractivity contribution in [3.8, 4) is 11.3 Å². The highest BCUT2D eigenvalue weighted by molar-refractivity contribution is 5.59. The van der Waals surface area contributed by atoms with Gasteiger partial charge in [-0.1, -0.05) is 6.07 Å². The van der Waals surface area contributed by atoms with E-state index in [1.165, 1.54) is 24.5 Å². The van der Waals surface area contributed by atoms with Crippen LogP contribution in [-0.2, 0) is 12.7 Å². The van der Waals surface area contributed by atoms with Gasteiger partial charge in [0.1, 0.15) is 11.6 Å². The number of rotatable bonds is 4. The van der Waals surface area contributed by atoms with Crippen LogP contribution in [0.1, 0.15) is 11.1 Å². The fourth-order valence-corrected chi connectivity index (χ4v) is 2.18. The van der Waals surface area contributed by atoms with Crippen molar-refractivity contribution >= 4 is 5.95 Å². The lowest BCUT2D eigenvalue weighted by Gasteiger charge is -2.09. The van der Waals surface area contributed by atoms with Crippen LogP contribution in [0.3, 0.4) is 0 Å². The normalized spacial score (nSPS) is 11.4. The molecular formula is C17H11F5N4. The minimum Gasteiger partial charge on any atom is -0.350 e. The summed E-state index contributed by atoms with van der Waals surface area (Å²) in [6.45, 7) is -0.0175. The van der Waals surface area contributed by atoms with Crippen LogP contribution in [0.5, 0.6) is 0 Å². The zero-order chi connectivity index (χ0) is 18.7. The molecule has 0 saturated carbocycles. The monoisotopic (exact) mass is 366 g/mol. The van der Waals surface area contributed by atoms with Crippen LogP contribution in [0.25, 0.3) is 11.3 Å². The molecule has 0 amide bonds.